The molecule has 1 heterocycles. The number of carbonyl (C=O) groups excluding carboxylic acids is 13. The van der Waals surface area contributed by atoms with Crippen molar-refractivity contribution in [3.05, 3.63) is 139 Å². The monoisotopic (exact) mass is 1790 g/mol. The maximum absolute atomic E-state index is 16.0. The van der Waals surface area contributed by atoms with E-state index in [1.807, 2.05) is 68.4 Å². The molecule has 708 valence electrons. The van der Waals surface area contributed by atoms with Crippen molar-refractivity contribution in [3.63, 3.8) is 0 Å². The standard InChI is InChI=1S/C103H157N10O14P/c1-25-27-44-73(15)94(118)93-90(116)65-77(26-2)98(122)110(21)87(64-76-52-54-78(55-53-76)96(120)105-57-42-29-28-41-56-104-91(117)51-40-33-43-58-128(79-45-34-30-35-46-79,80-47-36-31-37-48-80)81-49-38-32-39-50-81)101(125)108(19)84(60-68(5)6)89(115)66-82(71(11)12)99(123)107(18)83(59-67(3)4)88(114)63-74(16)95(119)106-75(17)97(121)109(20)85(61-69(7)8)100(124)111(22)86(62-70(9)10)102(126)112(23)92(72(13)14)103(127)113(93)24/h25,27,30-32,34-39,45-50,52-55,67-75,77,82-87,92-94,118H,26,28-29,33,40-44,51,56-66H2,1-24H3,(H2-,104,105,106,117,119,120)/p+1/b27-25+/t73-,74-,75-,77-,82+,83+,84+,85+,86+,87?,92+,93-,94-/m1/s1. The number of allylic oxidation sites excluding steroid dienone is 2. The van der Waals surface area contributed by atoms with Gasteiger partial charge in [-0.3, -0.25) is 62.3 Å². The molecule has 5 rings (SSSR count). The molecule has 4 aromatic carbocycles. The molecule has 25 heteroatoms. The van der Waals surface area contributed by atoms with E-state index in [4.69, 9.17) is 0 Å². The minimum atomic E-state index is -1.95. The van der Waals surface area contributed by atoms with Crippen LogP contribution in [-0.2, 0) is 64.0 Å². The van der Waals surface area contributed by atoms with Gasteiger partial charge in [-0.05, 0) is 180 Å². The molecule has 4 N–H and O–H groups in total. The summed E-state index contributed by atoms with van der Waals surface area (Å²) in [6, 6.07) is 29.2. The quantitative estimate of drug-likeness (QED) is 0.0192. The van der Waals surface area contributed by atoms with Crippen molar-refractivity contribution in [2.45, 2.75) is 288 Å². The third kappa shape index (κ3) is 31.0. The van der Waals surface area contributed by atoms with Gasteiger partial charge in [-0.25, -0.2) is 0 Å². The van der Waals surface area contributed by atoms with E-state index < -0.39 is 168 Å². The fraction of sp³-hybridized carbons (Fsp3) is 0.621. The van der Waals surface area contributed by atoms with E-state index in [1.54, 1.807) is 78.8 Å². The third-order valence-corrected chi connectivity index (χ3v) is 30.2. The van der Waals surface area contributed by atoms with E-state index in [1.165, 1.54) is 102 Å². The zero-order valence-electron chi connectivity index (χ0n) is 81.8. The summed E-state index contributed by atoms with van der Waals surface area (Å²) in [5.74, 6) is -12.3. The number of unbranched alkanes of at least 4 members (excludes halogenated alkanes) is 5. The van der Waals surface area contributed by atoms with Gasteiger partial charge in [0.15, 0.2) is 17.3 Å². The highest BCUT2D eigenvalue weighted by atomic mass is 31.2. The average molecular weight is 1790 g/mol. The van der Waals surface area contributed by atoms with Gasteiger partial charge in [0.25, 0.3) is 5.91 Å². The van der Waals surface area contributed by atoms with Gasteiger partial charge in [-0.15, -0.1) is 0 Å². The summed E-state index contributed by atoms with van der Waals surface area (Å²) in [5.41, 5.74) is 0.885. The fourth-order valence-electron chi connectivity index (χ4n) is 17.8. The largest absolute Gasteiger partial charge is 0.390 e. The van der Waals surface area contributed by atoms with Crippen LogP contribution in [0.4, 0.5) is 0 Å². The summed E-state index contributed by atoms with van der Waals surface area (Å²) in [6.45, 7) is 31.5. The van der Waals surface area contributed by atoms with Crippen molar-refractivity contribution in [2.24, 2.45) is 59.2 Å². The average Bonchev–Trinajstić information content (AvgIpc) is 0.765. The number of aliphatic hydroxyl groups is 1. The number of Topliss-reactive ketones (excluding diaryl/α,β-unsaturated/α-hetero) is 3. The van der Waals surface area contributed by atoms with Crippen LogP contribution < -0.4 is 31.9 Å². The van der Waals surface area contributed by atoms with Crippen LogP contribution in [0.1, 0.15) is 243 Å². The Morgan fingerprint density at radius 1 is 0.453 bits per heavy atom. The van der Waals surface area contributed by atoms with Gasteiger partial charge in [-0.1, -0.05) is 196 Å². The third-order valence-electron chi connectivity index (χ3n) is 25.7. The molecule has 128 heavy (non-hydrogen) atoms. The molecule has 0 aromatic heterocycles. The predicted octanol–water partition coefficient (Wildman–Crippen LogP) is 13.1. The second kappa shape index (κ2) is 53.1. The van der Waals surface area contributed by atoms with E-state index >= 15 is 38.4 Å². The van der Waals surface area contributed by atoms with Gasteiger partial charge in [0.2, 0.25) is 53.2 Å². The van der Waals surface area contributed by atoms with Crippen molar-refractivity contribution in [2.75, 3.05) is 68.6 Å². The molecule has 1 saturated heterocycles. The smallest absolute Gasteiger partial charge is 0.251 e. The van der Waals surface area contributed by atoms with Crippen molar-refractivity contribution in [1.82, 2.24) is 50.2 Å². The van der Waals surface area contributed by atoms with Crippen molar-refractivity contribution >= 4 is 99.6 Å². The first kappa shape index (κ1) is 109. The van der Waals surface area contributed by atoms with E-state index in [-0.39, 0.29) is 86.9 Å². The molecule has 1 aliphatic rings. The molecule has 13 atom stereocenters. The number of ketones is 3. The molecule has 0 bridgehead atoms. The molecule has 0 radical (unpaired) electrons. The Kier molecular flexibility index (Phi) is 45.4. The first-order chi connectivity index (χ1) is 60.4. The number of benzene rings is 4. The highest BCUT2D eigenvalue weighted by Crippen LogP contribution is 2.56. The van der Waals surface area contributed by atoms with Gasteiger partial charge in [-0.2, -0.15) is 0 Å². The summed E-state index contributed by atoms with van der Waals surface area (Å²) in [5, 5.41) is 25.5. The van der Waals surface area contributed by atoms with E-state index in [2.05, 4.69) is 107 Å². The molecular formula is C103H158N10O14P+. The zero-order valence-corrected chi connectivity index (χ0v) is 82.7. The van der Waals surface area contributed by atoms with Crippen molar-refractivity contribution in [3.8, 4) is 0 Å². The summed E-state index contributed by atoms with van der Waals surface area (Å²) in [6.07, 6.45) is 9.09. The summed E-state index contributed by atoms with van der Waals surface area (Å²) < 4.78 is 0. The SMILES string of the molecule is C/C=C/C[C@@H](C)[C@@H](O)[C@H]1C(=O)C[C@@H](CC)C(=O)N(C)C(Cc2ccc(C(=O)NCCCCCCNC(=O)CCCCC[P+](c3ccccc3)(c3ccccc3)c3ccccc3)cc2)C(=O)N(C)[C@@H](CC(C)C)C(=O)C[C@@H](C(C)C)C(=O)N(C)[C@@H](CC(C)C)C(=O)C[C@@H](C)C(=O)N[C@H](C)C(=O)N(C)[C@@H](CC(C)C)C(=O)N(C)[C@@H](CC(C)C)C(=O)N(C)[C@@H](C(C)C)C(=O)N1C. The molecule has 1 unspecified atom stereocenters. The molecule has 0 spiro atoms. The second-order valence-electron chi connectivity index (χ2n) is 38.5. The Hall–Kier alpha value is -9.28. The van der Waals surface area contributed by atoms with E-state index in [0.29, 0.717) is 43.5 Å². The maximum Gasteiger partial charge on any atom is 0.251 e. The van der Waals surface area contributed by atoms with Gasteiger partial charge in [0, 0.05) is 118 Å². The van der Waals surface area contributed by atoms with Crippen LogP contribution in [0.2, 0.25) is 0 Å². The fourth-order valence-corrected chi connectivity index (χ4v) is 22.2. The topological polar surface area (TPSA) is 301 Å². The Bertz CT molecular complexity index is 4180. The van der Waals surface area contributed by atoms with Crippen LogP contribution in [-0.4, -0.2) is 239 Å². The van der Waals surface area contributed by atoms with Gasteiger partial charge >= 0.3 is 0 Å². The highest BCUT2D eigenvalue weighted by Gasteiger charge is 2.49. The van der Waals surface area contributed by atoms with Crippen molar-refractivity contribution in [1.29, 1.82) is 0 Å². The number of rotatable bonds is 34. The van der Waals surface area contributed by atoms with Crippen LogP contribution >= 0.6 is 7.26 Å². The van der Waals surface area contributed by atoms with Gasteiger partial charge in [0.1, 0.15) is 59.4 Å². The molecular weight excluding hydrogens is 1630 g/mol. The highest BCUT2D eigenvalue weighted by molar-refractivity contribution is 7.95. The van der Waals surface area contributed by atoms with Gasteiger partial charge in [0.05, 0.1) is 24.3 Å². The zero-order chi connectivity index (χ0) is 95.7. The number of likely N-dealkylation sites (N-methyl/N-ethyl adjacent to an activating group) is 7. The van der Waals surface area contributed by atoms with Gasteiger partial charge < -0.3 is 55.4 Å². The molecule has 24 nitrogen and oxygen atoms in total. The lowest BCUT2D eigenvalue weighted by molar-refractivity contribution is -0.157. The number of nitrogens with zero attached hydrogens (tertiary/aromatic N) is 7. The Balaban J connectivity index is 1.48. The molecule has 0 aliphatic carbocycles. The Morgan fingerprint density at radius 2 is 0.875 bits per heavy atom. The lowest BCUT2D eigenvalue weighted by Gasteiger charge is -2.41. The number of hydrogen-bond donors (Lipinski definition) is 4. The normalized spacial score (nSPS) is 22.5. The number of carbonyl (C=O) groups is 13. The van der Waals surface area contributed by atoms with E-state index in [0.717, 1.165) is 49.6 Å². The van der Waals surface area contributed by atoms with Crippen LogP contribution in [0, 0.1) is 59.2 Å². The first-order valence-corrected chi connectivity index (χ1v) is 49.1. The Labute approximate surface area is 767 Å². The molecule has 1 fully saturated rings. The Morgan fingerprint density at radius 3 is 1.34 bits per heavy atom. The van der Waals surface area contributed by atoms with Crippen LogP contribution in [0.25, 0.3) is 0 Å². The number of hydrogen-bond acceptors (Lipinski definition) is 14. The van der Waals surface area contributed by atoms with Crippen LogP contribution in [0.5, 0.6) is 0 Å². The number of aliphatic hydroxyl groups excluding tert-OH is 1. The minimum absolute atomic E-state index is 0.0408. The molecule has 10 amide bonds. The van der Waals surface area contributed by atoms with Crippen molar-refractivity contribution < 1.29 is 67.4 Å². The number of nitrogens with one attached hydrogen (secondary N) is 3. The molecule has 1 aliphatic heterocycles. The predicted molar refractivity (Wildman–Crippen MR) is 513 cm³/mol. The summed E-state index contributed by atoms with van der Waals surface area (Å²) >= 11 is 0. The lowest BCUT2D eigenvalue weighted by atomic mass is 9.84. The first-order valence-electron chi connectivity index (χ1n) is 47.1. The van der Waals surface area contributed by atoms with Crippen LogP contribution in [0.3, 0.4) is 0 Å². The number of amides is 10. The lowest BCUT2D eigenvalue weighted by Crippen LogP contribution is -2.61. The van der Waals surface area contributed by atoms with Crippen LogP contribution in [0.15, 0.2) is 127 Å². The molecule has 4 aromatic rings. The van der Waals surface area contributed by atoms with E-state index in [9.17, 15) is 29.1 Å². The maximum atomic E-state index is 16.0. The summed E-state index contributed by atoms with van der Waals surface area (Å²) in [4.78, 5) is 204. The molecule has 0 saturated carbocycles. The second-order valence-corrected chi connectivity index (χ2v) is 42.1. The minimum Gasteiger partial charge on any atom is -0.390 e. The summed E-state index contributed by atoms with van der Waals surface area (Å²) in [7, 11) is 8.32.